The van der Waals surface area contributed by atoms with E-state index in [-0.39, 0.29) is 11.4 Å². The lowest BCUT2D eigenvalue weighted by molar-refractivity contribution is -0.118. The molecule has 0 atom stereocenters. The number of amides is 1. The van der Waals surface area contributed by atoms with Crippen LogP contribution < -0.4 is 5.32 Å². The Balaban J connectivity index is 2.55. The highest BCUT2D eigenvalue weighted by Gasteiger charge is 2.19. The Morgan fingerprint density at radius 3 is 1.96 bits per heavy atom. The molecule has 0 saturated carbocycles. The number of halogens is 1. The molecular weight excluding hydrogens is 306 g/mol. The van der Waals surface area contributed by atoms with Gasteiger partial charge in [0, 0.05) is 16.1 Å². The highest BCUT2D eigenvalue weighted by Crippen LogP contribution is 2.28. The maximum atomic E-state index is 12.6. The van der Waals surface area contributed by atoms with Crippen molar-refractivity contribution in [1.29, 1.82) is 0 Å². The van der Waals surface area contributed by atoms with Gasteiger partial charge in [0.25, 0.3) is 0 Å². The molecule has 2 nitrogen and oxygen atoms in total. The van der Waals surface area contributed by atoms with Crippen molar-refractivity contribution < 1.29 is 4.79 Å². The summed E-state index contributed by atoms with van der Waals surface area (Å²) < 4.78 is 0. The number of benzene rings is 2. The van der Waals surface area contributed by atoms with Gasteiger partial charge in [-0.05, 0) is 56.5 Å². The standard InChI is InChI=1S/C20H22ClNO/c1-14(19(23)22-20(2,3)4)18(15-8-6-5-7-9-15)16-10-12-17(21)13-11-16/h5-13H,1-4H3,(H,22,23)/b18-14-. The van der Waals surface area contributed by atoms with E-state index in [1.165, 1.54) is 0 Å². The highest BCUT2D eigenvalue weighted by atomic mass is 35.5. The van der Waals surface area contributed by atoms with Crippen molar-refractivity contribution in [2.24, 2.45) is 0 Å². The van der Waals surface area contributed by atoms with Gasteiger partial charge in [0.15, 0.2) is 0 Å². The van der Waals surface area contributed by atoms with E-state index in [2.05, 4.69) is 5.32 Å². The number of nitrogens with one attached hydrogen (secondary N) is 1. The van der Waals surface area contributed by atoms with Crippen LogP contribution in [0.3, 0.4) is 0 Å². The topological polar surface area (TPSA) is 29.1 Å². The van der Waals surface area contributed by atoms with Gasteiger partial charge in [0.05, 0.1) is 0 Å². The zero-order valence-electron chi connectivity index (χ0n) is 14.0. The Labute approximate surface area is 143 Å². The van der Waals surface area contributed by atoms with Gasteiger partial charge in [-0.25, -0.2) is 0 Å². The van der Waals surface area contributed by atoms with E-state index in [9.17, 15) is 4.79 Å². The molecule has 2 aromatic carbocycles. The predicted molar refractivity (Wildman–Crippen MR) is 97.5 cm³/mol. The number of carbonyl (C=O) groups excluding carboxylic acids is 1. The highest BCUT2D eigenvalue weighted by molar-refractivity contribution is 6.30. The normalized spacial score (nSPS) is 12.6. The molecule has 0 saturated heterocycles. The minimum absolute atomic E-state index is 0.0636. The molecule has 0 heterocycles. The lowest BCUT2D eigenvalue weighted by Gasteiger charge is -2.22. The second-order valence-electron chi connectivity index (χ2n) is 6.58. The fourth-order valence-corrected chi connectivity index (χ4v) is 2.49. The molecule has 1 N–H and O–H groups in total. The Bertz CT molecular complexity index is 710. The Hall–Kier alpha value is -2.06. The zero-order valence-corrected chi connectivity index (χ0v) is 14.7. The number of hydrogen-bond acceptors (Lipinski definition) is 1. The van der Waals surface area contributed by atoms with Gasteiger partial charge in [-0.15, -0.1) is 0 Å². The molecule has 120 valence electrons. The summed E-state index contributed by atoms with van der Waals surface area (Å²) in [6.45, 7) is 7.78. The van der Waals surface area contributed by atoms with E-state index >= 15 is 0 Å². The summed E-state index contributed by atoms with van der Waals surface area (Å²) in [6.07, 6.45) is 0. The summed E-state index contributed by atoms with van der Waals surface area (Å²) in [5.74, 6) is -0.0636. The van der Waals surface area contributed by atoms with Crippen molar-refractivity contribution in [1.82, 2.24) is 5.32 Å². The van der Waals surface area contributed by atoms with Crippen molar-refractivity contribution in [2.45, 2.75) is 33.2 Å². The van der Waals surface area contributed by atoms with Crippen LogP contribution in [0.2, 0.25) is 5.02 Å². The van der Waals surface area contributed by atoms with E-state index < -0.39 is 0 Å². The summed E-state index contributed by atoms with van der Waals surface area (Å²) in [6, 6.07) is 17.5. The smallest absolute Gasteiger partial charge is 0.247 e. The fraction of sp³-hybridized carbons (Fsp3) is 0.250. The molecule has 0 radical (unpaired) electrons. The van der Waals surface area contributed by atoms with Crippen molar-refractivity contribution >= 4 is 23.1 Å². The quantitative estimate of drug-likeness (QED) is 0.783. The first kappa shape index (κ1) is 17.3. The largest absolute Gasteiger partial charge is 0.348 e. The van der Waals surface area contributed by atoms with Gasteiger partial charge in [0.1, 0.15) is 0 Å². The SMILES string of the molecule is C/C(C(=O)NC(C)(C)C)=C(\c1ccccc1)c1ccc(Cl)cc1. The van der Waals surface area contributed by atoms with Crippen LogP contribution in [-0.4, -0.2) is 11.4 Å². The molecule has 2 rings (SSSR count). The molecule has 0 unspecified atom stereocenters. The molecule has 0 aliphatic rings. The van der Waals surface area contributed by atoms with Gasteiger partial charge < -0.3 is 5.32 Å². The maximum Gasteiger partial charge on any atom is 0.247 e. The van der Waals surface area contributed by atoms with Crippen LogP contribution in [0.1, 0.15) is 38.8 Å². The van der Waals surface area contributed by atoms with Gasteiger partial charge in [-0.3, -0.25) is 4.79 Å². The van der Waals surface area contributed by atoms with E-state index in [1.54, 1.807) is 0 Å². The summed E-state index contributed by atoms with van der Waals surface area (Å²) in [4.78, 5) is 12.6. The van der Waals surface area contributed by atoms with Crippen LogP contribution in [0, 0.1) is 0 Å². The summed E-state index contributed by atoms with van der Waals surface area (Å²) in [5, 5.41) is 3.71. The summed E-state index contributed by atoms with van der Waals surface area (Å²) in [7, 11) is 0. The molecule has 23 heavy (non-hydrogen) atoms. The second-order valence-corrected chi connectivity index (χ2v) is 7.01. The van der Waals surface area contributed by atoms with Crippen molar-refractivity contribution in [3.8, 4) is 0 Å². The van der Waals surface area contributed by atoms with Crippen LogP contribution in [0.5, 0.6) is 0 Å². The van der Waals surface area contributed by atoms with Crippen molar-refractivity contribution in [3.63, 3.8) is 0 Å². The lowest BCUT2D eigenvalue weighted by atomic mass is 9.93. The monoisotopic (exact) mass is 327 g/mol. The third-order valence-electron chi connectivity index (χ3n) is 3.40. The van der Waals surface area contributed by atoms with Crippen LogP contribution >= 0.6 is 11.6 Å². The number of rotatable bonds is 3. The minimum Gasteiger partial charge on any atom is -0.348 e. The van der Waals surface area contributed by atoms with E-state index in [1.807, 2.05) is 82.3 Å². The van der Waals surface area contributed by atoms with Crippen molar-refractivity contribution in [3.05, 3.63) is 76.3 Å². The average Bonchev–Trinajstić information content (AvgIpc) is 2.49. The zero-order chi connectivity index (χ0) is 17.0. The molecule has 0 fully saturated rings. The van der Waals surface area contributed by atoms with Crippen molar-refractivity contribution in [2.75, 3.05) is 0 Å². The van der Waals surface area contributed by atoms with Gasteiger partial charge in [0.2, 0.25) is 5.91 Å². The Morgan fingerprint density at radius 2 is 1.43 bits per heavy atom. The molecule has 0 spiro atoms. The van der Waals surface area contributed by atoms with Gasteiger partial charge >= 0.3 is 0 Å². The molecule has 0 aliphatic carbocycles. The molecule has 1 amide bonds. The first-order valence-corrected chi connectivity index (χ1v) is 8.00. The third kappa shape index (κ3) is 4.70. The third-order valence-corrected chi connectivity index (χ3v) is 3.65. The minimum atomic E-state index is -0.278. The predicted octanol–water partition coefficient (Wildman–Crippen LogP) is 5.08. The molecule has 0 aromatic heterocycles. The lowest BCUT2D eigenvalue weighted by Crippen LogP contribution is -2.41. The van der Waals surface area contributed by atoms with Crippen LogP contribution in [0.25, 0.3) is 5.57 Å². The number of hydrogen-bond donors (Lipinski definition) is 1. The van der Waals surface area contributed by atoms with Gasteiger partial charge in [-0.2, -0.15) is 0 Å². The van der Waals surface area contributed by atoms with E-state index in [0.29, 0.717) is 10.6 Å². The van der Waals surface area contributed by atoms with Crippen LogP contribution in [-0.2, 0) is 4.79 Å². The molecular formula is C20H22ClNO. The summed E-state index contributed by atoms with van der Waals surface area (Å²) in [5.41, 5.74) is 3.32. The summed E-state index contributed by atoms with van der Waals surface area (Å²) >= 11 is 6.00. The molecule has 2 aromatic rings. The van der Waals surface area contributed by atoms with Gasteiger partial charge in [-0.1, -0.05) is 54.1 Å². The molecule has 0 bridgehead atoms. The van der Waals surface area contributed by atoms with Crippen LogP contribution in [0.15, 0.2) is 60.2 Å². The number of carbonyl (C=O) groups is 1. The molecule has 0 aliphatic heterocycles. The van der Waals surface area contributed by atoms with Crippen LogP contribution in [0.4, 0.5) is 0 Å². The Morgan fingerprint density at radius 1 is 0.913 bits per heavy atom. The Kier molecular flexibility index (Phi) is 5.27. The fourth-order valence-electron chi connectivity index (χ4n) is 2.37. The molecule has 3 heteroatoms. The van der Waals surface area contributed by atoms with E-state index in [0.717, 1.165) is 16.7 Å². The average molecular weight is 328 g/mol. The van der Waals surface area contributed by atoms with E-state index in [4.69, 9.17) is 11.6 Å². The first-order valence-electron chi connectivity index (χ1n) is 7.63. The first-order chi connectivity index (χ1) is 10.8. The maximum absolute atomic E-state index is 12.6. The second kappa shape index (κ2) is 7.01.